The van der Waals surface area contributed by atoms with Crippen LogP contribution < -0.4 is 5.32 Å². The molecule has 7 heteroatoms. The fourth-order valence-electron chi connectivity index (χ4n) is 2.46. The number of carbonyl (C=O) groups is 1. The molecule has 106 valence electrons. The molecule has 0 saturated carbocycles. The minimum atomic E-state index is -3.03. The molecule has 2 N–H and O–H groups in total. The maximum atomic E-state index is 13.1. The van der Waals surface area contributed by atoms with Crippen LogP contribution in [0.1, 0.15) is 16.8 Å². The molecule has 0 spiro atoms. The molecule has 1 saturated heterocycles. The van der Waals surface area contributed by atoms with Crippen LogP contribution in [0.5, 0.6) is 0 Å². The molecule has 2 heterocycles. The number of amides is 1. The van der Waals surface area contributed by atoms with Crippen molar-refractivity contribution in [1.29, 1.82) is 0 Å². The van der Waals surface area contributed by atoms with Gasteiger partial charge in [0, 0.05) is 23.1 Å². The molecule has 1 unspecified atom stereocenters. The van der Waals surface area contributed by atoms with Crippen molar-refractivity contribution in [3.8, 4) is 0 Å². The lowest BCUT2D eigenvalue weighted by Crippen LogP contribution is -2.35. The molecular weight excluding hydrogens is 283 g/mol. The van der Waals surface area contributed by atoms with Crippen molar-refractivity contribution >= 4 is 26.6 Å². The molecule has 0 aliphatic carbocycles. The highest BCUT2D eigenvalue weighted by atomic mass is 32.2. The summed E-state index contributed by atoms with van der Waals surface area (Å²) in [5, 5.41) is 3.33. The maximum absolute atomic E-state index is 13.1. The van der Waals surface area contributed by atoms with Crippen LogP contribution in [0.4, 0.5) is 4.39 Å². The number of nitrogens with one attached hydrogen (secondary N) is 2. The zero-order valence-corrected chi connectivity index (χ0v) is 11.3. The number of benzene rings is 1. The zero-order chi connectivity index (χ0) is 14.3. The number of carbonyl (C=O) groups excluding carboxylic acids is 1. The van der Waals surface area contributed by atoms with Crippen LogP contribution >= 0.6 is 0 Å². The lowest BCUT2D eigenvalue weighted by molar-refractivity contribution is 0.0943. The molecule has 2 aromatic rings. The summed E-state index contributed by atoms with van der Waals surface area (Å²) >= 11 is 0. The molecule has 0 bridgehead atoms. The first-order valence-corrected chi connectivity index (χ1v) is 8.05. The summed E-state index contributed by atoms with van der Waals surface area (Å²) < 4.78 is 35.8. The zero-order valence-electron chi connectivity index (χ0n) is 10.5. The van der Waals surface area contributed by atoms with E-state index >= 15 is 0 Å². The molecule has 1 aliphatic heterocycles. The third kappa shape index (κ3) is 2.40. The molecule has 3 rings (SSSR count). The van der Waals surface area contributed by atoms with E-state index in [4.69, 9.17) is 0 Å². The number of aromatic amines is 1. The Hall–Kier alpha value is -1.89. The number of sulfone groups is 1. The Labute approximate surface area is 115 Å². The number of fused-ring (bicyclic) bond motifs is 1. The summed E-state index contributed by atoms with van der Waals surface area (Å²) in [6, 6.07) is 3.78. The van der Waals surface area contributed by atoms with Gasteiger partial charge in [0.1, 0.15) is 5.82 Å². The van der Waals surface area contributed by atoms with E-state index in [1.807, 2.05) is 0 Å². The third-order valence-corrected chi connectivity index (χ3v) is 5.22. The van der Waals surface area contributed by atoms with E-state index in [0.29, 0.717) is 22.9 Å². The van der Waals surface area contributed by atoms with Gasteiger partial charge < -0.3 is 10.3 Å². The summed E-state index contributed by atoms with van der Waals surface area (Å²) in [5.41, 5.74) is 0.929. The number of hydrogen-bond acceptors (Lipinski definition) is 3. The summed E-state index contributed by atoms with van der Waals surface area (Å²) in [6.07, 6.45) is 1.94. The van der Waals surface area contributed by atoms with Crippen molar-refractivity contribution in [1.82, 2.24) is 10.3 Å². The molecule has 1 amide bonds. The smallest absolute Gasteiger partial charge is 0.253 e. The topological polar surface area (TPSA) is 79.0 Å². The molecular formula is C13H13FN2O3S. The van der Waals surface area contributed by atoms with Gasteiger partial charge in [-0.3, -0.25) is 4.79 Å². The largest absolute Gasteiger partial charge is 0.360 e. The van der Waals surface area contributed by atoms with E-state index in [1.54, 1.807) is 0 Å². The van der Waals surface area contributed by atoms with E-state index in [1.165, 1.54) is 24.4 Å². The fourth-order valence-corrected chi connectivity index (χ4v) is 4.13. The van der Waals surface area contributed by atoms with Crippen LogP contribution in [0.25, 0.3) is 10.9 Å². The number of aromatic nitrogens is 1. The quantitative estimate of drug-likeness (QED) is 0.874. The molecule has 1 fully saturated rings. The number of rotatable bonds is 2. The SMILES string of the molecule is O=C(NC1CCS(=O)(=O)C1)c1c[nH]c2cc(F)ccc12. The Kier molecular flexibility index (Phi) is 3.01. The Morgan fingerprint density at radius 2 is 2.20 bits per heavy atom. The van der Waals surface area contributed by atoms with Crippen molar-refractivity contribution in [2.24, 2.45) is 0 Å². The Morgan fingerprint density at radius 1 is 1.40 bits per heavy atom. The number of H-pyrrole nitrogens is 1. The van der Waals surface area contributed by atoms with Crippen LogP contribution in [0.2, 0.25) is 0 Å². The Balaban J connectivity index is 1.83. The second-order valence-electron chi connectivity index (χ2n) is 4.97. The molecule has 1 aromatic carbocycles. The summed E-state index contributed by atoms with van der Waals surface area (Å²) in [4.78, 5) is 15.0. The average molecular weight is 296 g/mol. The van der Waals surface area contributed by atoms with Crippen LogP contribution in [0.3, 0.4) is 0 Å². The molecule has 1 aromatic heterocycles. The highest BCUT2D eigenvalue weighted by Crippen LogP contribution is 2.20. The summed E-state index contributed by atoms with van der Waals surface area (Å²) in [5.74, 6) is -0.634. The van der Waals surface area contributed by atoms with E-state index < -0.39 is 9.84 Å². The second kappa shape index (κ2) is 4.59. The van der Waals surface area contributed by atoms with Crippen molar-refractivity contribution in [2.75, 3.05) is 11.5 Å². The Morgan fingerprint density at radius 3 is 2.90 bits per heavy atom. The van der Waals surface area contributed by atoms with Gasteiger partial charge in [0.2, 0.25) is 0 Å². The molecule has 5 nitrogen and oxygen atoms in total. The van der Waals surface area contributed by atoms with E-state index in [2.05, 4.69) is 10.3 Å². The summed E-state index contributed by atoms with van der Waals surface area (Å²) in [7, 11) is -3.03. The highest BCUT2D eigenvalue weighted by Gasteiger charge is 2.29. The van der Waals surface area contributed by atoms with Crippen LogP contribution in [0, 0.1) is 5.82 Å². The van der Waals surface area contributed by atoms with E-state index in [-0.39, 0.29) is 29.3 Å². The lowest BCUT2D eigenvalue weighted by atomic mass is 10.1. The highest BCUT2D eigenvalue weighted by molar-refractivity contribution is 7.91. The van der Waals surface area contributed by atoms with E-state index in [9.17, 15) is 17.6 Å². The molecule has 20 heavy (non-hydrogen) atoms. The van der Waals surface area contributed by atoms with Gasteiger partial charge in [-0.05, 0) is 24.6 Å². The molecule has 1 aliphatic rings. The van der Waals surface area contributed by atoms with Crippen molar-refractivity contribution < 1.29 is 17.6 Å². The molecule has 0 radical (unpaired) electrons. The minimum absolute atomic E-state index is 0.0181. The van der Waals surface area contributed by atoms with E-state index in [0.717, 1.165) is 0 Å². The maximum Gasteiger partial charge on any atom is 0.253 e. The van der Waals surface area contributed by atoms with Crippen molar-refractivity contribution in [3.63, 3.8) is 0 Å². The monoisotopic (exact) mass is 296 g/mol. The predicted molar refractivity (Wildman–Crippen MR) is 72.8 cm³/mol. The van der Waals surface area contributed by atoms with Gasteiger partial charge in [-0.2, -0.15) is 0 Å². The van der Waals surface area contributed by atoms with Crippen LogP contribution in [-0.2, 0) is 9.84 Å². The van der Waals surface area contributed by atoms with Crippen molar-refractivity contribution in [3.05, 3.63) is 35.8 Å². The Bertz CT molecular complexity index is 782. The van der Waals surface area contributed by atoms with Gasteiger partial charge in [-0.15, -0.1) is 0 Å². The van der Waals surface area contributed by atoms with Gasteiger partial charge in [0.05, 0.1) is 17.1 Å². The fraction of sp³-hybridized carbons (Fsp3) is 0.308. The summed E-state index contributed by atoms with van der Waals surface area (Å²) in [6.45, 7) is 0. The van der Waals surface area contributed by atoms with Gasteiger partial charge in [-0.25, -0.2) is 12.8 Å². The predicted octanol–water partition coefficient (Wildman–Crippen LogP) is 1.22. The molecule has 1 atom stereocenters. The van der Waals surface area contributed by atoms with Crippen LogP contribution in [0.15, 0.2) is 24.4 Å². The van der Waals surface area contributed by atoms with Gasteiger partial charge in [-0.1, -0.05) is 0 Å². The first-order chi connectivity index (χ1) is 9.44. The second-order valence-corrected chi connectivity index (χ2v) is 7.19. The third-order valence-electron chi connectivity index (χ3n) is 3.46. The number of halogens is 1. The van der Waals surface area contributed by atoms with Gasteiger partial charge >= 0.3 is 0 Å². The normalized spacial score (nSPS) is 21.1. The number of hydrogen-bond donors (Lipinski definition) is 2. The minimum Gasteiger partial charge on any atom is -0.360 e. The van der Waals surface area contributed by atoms with Crippen LogP contribution in [-0.4, -0.2) is 36.9 Å². The first-order valence-electron chi connectivity index (χ1n) is 6.22. The van der Waals surface area contributed by atoms with Gasteiger partial charge in [0.15, 0.2) is 9.84 Å². The van der Waals surface area contributed by atoms with Gasteiger partial charge in [0.25, 0.3) is 5.91 Å². The first kappa shape index (κ1) is 13.1. The lowest BCUT2D eigenvalue weighted by Gasteiger charge is -2.09. The average Bonchev–Trinajstić information content (AvgIpc) is 2.92. The standard InChI is InChI=1S/C13H13FN2O3S/c14-8-1-2-10-11(6-15-12(10)5-8)13(17)16-9-3-4-20(18,19)7-9/h1-2,5-6,9,15H,3-4,7H2,(H,16,17). The van der Waals surface area contributed by atoms with Crippen molar-refractivity contribution in [2.45, 2.75) is 12.5 Å².